The molecule has 0 fully saturated rings. The van der Waals surface area contributed by atoms with Crippen molar-refractivity contribution in [1.29, 1.82) is 0 Å². The molecule has 4 aromatic rings. The van der Waals surface area contributed by atoms with Crippen molar-refractivity contribution in [2.75, 3.05) is 0 Å². The number of fused-ring (bicyclic) bond motifs is 14. The minimum Gasteiger partial charge on any atom is -0.331 e. The number of benzene rings is 2. The van der Waals surface area contributed by atoms with E-state index in [9.17, 15) is 0 Å². The van der Waals surface area contributed by atoms with Gasteiger partial charge in [-0.1, -0.05) is 62.4 Å². The van der Waals surface area contributed by atoms with E-state index in [0.29, 0.717) is 34.6 Å². The van der Waals surface area contributed by atoms with Crippen molar-refractivity contribution < 1.29 is 0 Å². The van der Waals surface area contributed by atoms with Gasteiger partial charge in [-0.15, -0.1) is 0 Å². The molecule has 36 heavy (non-hydrogen) atoms. The molecule has 8 heteroatoms. The highest BCUT2D eigenvalue weighted by Crippen LogP contribution is 2.37. The van der Waals surface area contributed by atoms with Gasteiger partial charge in [0.05, 0.1) is 0 Å². The summed E-state index contributed by atoms with van der Waals surface area (Å²) in [6.45, 7) is 8.40. The Morgan fingerprint density at radius 1 is 0.528 bits per heavy atom. The molecule has 2 N–H and O–H groups in total. The van der Waals surface area contributed by atoms with Crippen LogP contribution in [-0.4, -0.2) is 39.9 Å². The van der Waals surface area contributed by atoms with Crippen molar-refractivity contribution in [2.45, 2.75) is 39.5 Å². The van der Waals surface area contributed by atoms with E-state index < -0.39 is 0 Å². The van der Waals surface area contributed by atoms with Crippen LogP contribution in [0.1, 0.15) is 62.8 Å². The Morgan fingerprint density at radius 3 is 1.58 bits per heavy atom. The molecule has 2 unspecified atom stereocenters. The van der Waals surface area contributed by atoms with Crippen LogP contribution in [0, 0.1) is 0 Å². The van der Waals surface area contributed by atoms with Crippen LogP contribution in [0.15, 0.2) is 48.5 Å². The molecule has 0 spiro atoms. The van der Waals surface area contributed by atoms with E-state index in [-0.39, 0.29) is 11.8 Å². The molecule has 2 aromatic heterocycles. The first-order chi connectivity index (χ1) is 17.5. The molecule has 7 rings (SSSR count). The molecule has 0 saturated heterocycles. The van der Waals surface area contributed by atoms with Gasteiger partial charge in [-0.05, 0) is 13.8 Å². The summed E-state index contributed by atoms with van der Waals surface area (Å²) in [4.78, 5) is 36.4. The van der Waals surface area contributed by atoms with Gasteiger partial charge < -0.3 is 9.97 Å². The summed E-state index contributed by atoms with van der Waals surface area (Å²) in [5, 5.41) is 1.96. The second-order valence-electron chi connectivity index (χ2n) is 9.60. The van der Waals surface area contributed by atoms with Crippen LogP contribution in [0.4, 0.5) is 0 Å². The molecule has 0 saturated carbocycles. The number of nitrogens with zero attached hydrogens (tertiary/aromatic N) is 6. The highest BCUT2D eigenvalue weighted by Gasteiger charge is 2.28. The topological polar surface area (TPSA) is 109 Å². The summed E-state index contributed by atoms with van der Waals surface area (Å²) >= 11 is 0. The maximum Gasteiger partial charge on any atom is 0.164 e. The molecular formula is C28H24N8. The fourth-order valence-corrected chi connectivity index (χ4v) is 4.94. The smallest absolute Gasteiger partial charge is 0.164 e. The van der Waals surface area contributed by atoms with Crippen LogP contribution in [0.3, 0.4) is 0 Å². The first-order valence-corrected chi connectivity index (χ1v) is 12.2. The molecule has 8 nitrogen and oxygen atoms in total. The van der Waals surface area contributed by atoms with Crippen molar-refractivity contribution in [3.63, 3.8) is 0 Å². The van der Waals surface area contributed by atoms with Gasteiger partial charge in [-0.3, -0.25) is 0 Å². The maximum absolute atomic E-state index is 4.98. The maximum atomic E-state index is 4.98. The van der Waals surface area contributed by atoms with Gasteiger partial charge in [-0.2, -0.15) is 0 Å². The molecule has 0 radical (unpaired) electrons. The average molecular weight is 473 g/mol. The van der Waals surface area contributed by atoms with Gasteiger partial charge in [0.15, 0.2) is 23.3 Å². The highest BCUT2D eigenvalue weighted by atomic mass is 15.1. The molecule has 2 atom stereocenters. The van der Waals surface area contributed by atoms with Gasteiger partial charge in [-0.25, -0.2) is 29.9 Å². The summed E-state index contributed by atoms with van der Waals surface area (Å²) < 4.78 is 0. The lowest BCUT2D eigenvalue weighted by atomic mass is 9.98. The quantitative estimate of drug-likeness (QED) is 0.288. The van der Waals surface area contributed by atoms with Gasteiger partial charge in [0.2, 0.25) is 0 Å². The molecule has 176 valence electrons. The lowest BCUT2D eigenvalue weighted by molar-refractivity contribution is 0.627. The number of nitrogens with one attached hydrogen (secondary N) is 2. The van der Waals surface area contributed by atoms with Crippen molar-refractivity contribution in [3.8, 4) is 22.8 Å². The number of hydrogen-bond acceptors (Lipinski definition) is 6. The van der Waals surface area contributed by atoms with E-state index in [1.165, 1.54) is 0 Å². The number of aromatic nitrogens is 8. The number of H-pyrrole nitrogens is 2. The van der Waals surface area contributed by atoms with Crippen LogP contribution in [0.2, 0.25) is 0 Å². The fourth-order valence-electron chi connectivity index (χ4n) is 4.94. The monoisotopic (exact) mass is 472 g/mol. The Balaban J connectivity index is 1.66. The highest BCUT2D eigenvalue weighted by molar-refractivity contribution is 6.04. The lowest BCUT2D eigenvalue weighted by Gasteiger charge is -2.07. The van der Waals surface area contributed by atoms with Crippen LogP contribution in [0.25, 0.3) is 56.0 Å². The lowest BCUT2D eigenvalue weighted by Crippen LogP contribution is -2.00. The minimum absolute atomic E-state index is 0.158. The van der Waals surface area contributed by atoms with Crippen molar-refractivity contribution >= 4 is 33.2 Å². The molecule has 0 aliphatic carbocycles. The number of hydrogen-bond donors (Lipinski definition) is 2. The Kier molecular flexibility index (Phi) is 4.36. The van der Waals surface area contributed by atoms with E-state index in [1.54, 1.807) is 0 Å². The summed E-state index contributed by atoms with van der Waals surface area (Å²) in [5.74, 6) is 4.65. The predicted octanol–water partition coefficient (Wildman–Crippen LogP) is 5.96. The number of allylic oxidation sites excluding steroid dienone is 2. The van der Waals surface area contributed by atoms with E-state index in [4.69, 9.17) is 29.9 Å². The Bertz CT molecular complexity index is 1810. The van der Waals surface area contributed by atoms with Crippen molar-refractivity contribution in [3.05, 3.63) is 71.8 Å². The van der Waals surface area contributed by atoms with E-state index >= 15 is 0 Å². The third kappa shape index (κ3) is 3.00. The molecule has 0 amide bonds. The Morgan fingerprint density at radius 2 is 0.972 bits per heavy atom. The first kappa shape index (κ1) is 20.9. The zero-order chi connectivity index (χ0) is 24.6. The second kappa shape index (κ2) is 7.52. The molecule has 3 aliphatic heterocycles. The third-order valence-corrected chi connectivity index (χ3v) is 7.50. The first-order valence-electron chi connectivity index (χ1n) is 12.2. The van der Waals surface area contributed by atoms with Gasteiger partial charge >= 0.3 is 0 Å². The molecule has 8 bridgehead atoms. The molecule has 3 aliphatic rings. The van der Waals surface area contributed by atoms with Crippen LogP contribution < -0.4 is 0 Å². The molecule has 5 heterocycles. The van der Waals surface area contributed by atoms with E-state index in [1.807, 2.05) is 62.4 Å². The van der Waals surface area contributed by atoms with E-state index in [0.717, 1.165) is 44.7 Å². The largest absolute Gasteiger partial charge is 0.331 e. The third-order valence-electron chi connectivity index (χ3n) is 7.50. The molecule has 2 aromatic carbocycles. The Hall–Kier alpha value is -4.46. The molecular weight excluding hydrogens is 448 g/mol. The van der Waals surface area contributed by atoms with Crippen LogP contribution in [-0.2, 0) is 0 Å². The standard InChI is InChI=1S/C28H24N8/c1-13-15(3)23-30-21(13)29-22-14(2)16(4)24(31-22)33-26-18-10-6-8-12-20(18)28(35-26)36-27-19-11-7-5-9-17(19)25(32-23)34-27/h5-13,15H,1-4H3,(H2,29,30,31,32,33,34,35,36). The normalized spacial score (nSPS) is 17.9. The fraction of sp³-hybridized carbons (Fsp3) is 0.214. The minimum atomic E-state index is 0.158. The summed E-state index contributed by atoms with van der Waals surface area (Å²) in [6.07, 6.45) is 0. The number of aromatic amines is 2. The zero-order valence-electron chi connectivity index (χ0n) is 20.5. The van der Waals surface area contributed by atoms with E-state index in [2.05, 4.69) is 23.8 Å². The number of rotatable bonds is 0. The van der Waals surface area contributed by atoms with Gasteiger partial charge in [0.25, 0.3) is 0 Å². The van der Waals surface area contributed by atoms with Crippen LogP contribution >= 0.6 is 0 Å². The predicted molar refractivity (Wildman–Crippen MR) is 140 cm³/mol. The Labute approximate surface area is 207 Å². The SMILES string of the molecule is CC1=C(C)c2nc1nc1[nH]c(nc3nc(nc4[nH]c(n2)c2ccccc42)-c2ccccc2-3)C(C)C1C. The van der Waals surface area contributed by atoms with Crippen LogP contribution in [0.5, 0.6) is 0 Å². The van der Waals surface area contributed by atoms with Crippen molar-refractivity contribution in [2.24, 2.45) is 0 Å². The van der Waals surface area contributed by atoms with Gasteiger partial charge in [0.1, 0.15) is 22.9 Å². The average Bonchev–Trinajstić information content (AvgIpc) is 3.57. The second-order valence-corrected chi connectivity index (χ2v) is 9.60. The summed E-state index contributed by atoms with van der Waals surface area (Å²) in [6, 6.07) is 16.2. The zero-order valence-corrected chi connectivity index (χ0v) is 20.5. The summed E-state index contributed by atoms with van der Waals surface area (Å²) in [5.41, 5.74) is 5.38. The summed E-state index contributed by atoms with van der Waals surface area (Å²) in [7, 11) is 0. The van der Waals surface area contributed by atoms with Gasteiger partial charge in [0, 0.05) is 44.9 Å². The van der Waals surface area contributed by atoms with Crippen molar-refractivity contribution in [1.82, 2.24) is 39.9 Å².